The van der Waals surface area contributed by atoms with E-state index in [0.29, 0.717) is 23.1 Å². The predicted octanol–water partition coefficient (Wildman–Crippen LogP) is 4.04. The molecule has 3 aromatic rings. The number of pyridine rings is 1. The summed E-state index contributed by atoms with van der Waals surface area (Å²) in [5.41, 5.74) is 1.65. The van der Waals surface area contributed by atoms with Gasteiger partial charge in [-0.25, -0.2) is 9.97 Å². The first-order valence-corrected chi connectivity index (χ1v) is 8.09. The number of amides is 1. The molecule has 1 aromatic carbocycles. The minimum atomic E-state index is -0.419. The highest BCUT2D eigenvalue weighted by molar-refractivity contribution is 6.44. The van der Waals surface area contributed by atoms with Crippen molar-refractivity contribution in [2.75, 3.05) is 10.6 Å². The highest BCUT2D eigenvalue weighted by atomic mass is 35.5. The third kappa shape index (κ3) is 4.43. The van der Waals surface area contributed by atoms with Crippen molar-refractivity contribution >= 4 is 40.6 Å². The standard InChI is InChI=1S/C17H13Cl2N5O/c18-12-2-1-3-13(16(12)19)24-17(25)14-9-23-15(10-21-14)22-8-11-4-6-20-7-5-11/h1-7,9-10H,8H2,(H,22,23)(H,24,25). The van der Waals surface area contributed by atoms with Gasteiger partial charge in [0.1, 0.15) is 11.5 Å². The molecule has 0 spiro atoms. The number of anilines is 2. The van der Waals surface area contributed by atoms with Crippen LogP contribution in [0.2, 0.25) is 10.0 Å². The SMILES string of the molecule is O=C(Nc1cccc(Cl)c1Cl)c1cnc(NCc2ccncc2)cn1. The first kappa shape index (κ1) is 17.1. The Bertz CT molecular complexity index is 872. The molecule has 0 fully saturated rings. The highest BCUT2D eigenvalue weighted by Crippen LogP contribution is 2.29. The summed E-state index contributed by atoms with van der Waals surface area (Å²) in [5, 5.41) is 6.42. The van der Waals surface area contributed by atoms with E-state index in [-0.39, 0.29) is 10.7 Å². The zero-order valence-corrected chi connectivity index (χ0v) is 14.4. The van der Waals surface area contributed by atoms with Crippen LogP contribution >= 0.6 is 23.2 Å². The fourth-order valence-electron chi connectivity index (χ4n) is 2.02. The van der Waals surface area contributed by atoms with E-state index in [4.69, 9.17) is 23.2 Å². The lowest BCUT2D eigenvalue weighted by Crippen LogP contribution is -2.15. The summed E-state index contributed by atoms with van der Waals surface area (Å²) in [6, 6.07) is 8.79. The van der Waals surface area contributed by atoms with Gasteiger partial charge in [-0.1, -0.05) is 29.3 Å². The molecular weight excluding hydrogens is 361 g/mol. The number of hydrogen-bond donors (Lipinski definition) is 2. The van der Waals surface area contributed by atoms with Crippen LogP contribution in [-0.2, 0) is 6.54 Å². The van der Waals surface area contributed by atoms with Gasteiger partial charge in [0.2, 0.25) is 0 Å². The Morgan fingerprint density at radius 3 is 2.56 bits per heavy atom. The summed E-state index contributed by atoms with van der Waals surface area (Å²) in [4.78, 5) is 24.5. The summed E-state index contributed by atoms with van der Waals surface area (Å²) < 4.78 is 0. The van der Waals surface area contributed by atoms with Crippen LogP contribution in [0.15, 0.2) is 55.1 Å². The van der Waals surface area contributed by atoms with Crippen molar-refractivity contribution in [3.63, 3.8) is 0 Å². The minimum absolute atomic E-state index is 0.172. The second-order valence-electron chi connectivity index (χ2n) is 5.05. The zero-order valence-electron chi connectivity index (χ0n) is 12.9. The van der Waals surface area contributed by atoms with Crippen molar-refractivity contribution in [1.29, 1.82) is 0 Å². The summed E-state index contributed by atoms with van der Waals surface area (Å²) in [7, 11) is 0. The number of aromatic nitrogens is 3. The fraction of sp³-hybridized carbons (Fsp3) is 0.0588. The number of nitrogens with zero attached hydrogens (tertiary/aromatic N) is 3. The number of carbonyl (C=O) groups is 1. The summed E-state index contributed by atoms with van der Waals surface area (Å²) in [6.07, 6.45) is 6.33. The van der Waals surface area contributed by atoms with Crippen molar-refractivity contribution in [1.82, 2.24) is 15.0 Å². The van der Waals surface area contributed by atoms with Crippen LogP contribution < -0.4 is 10.6 Å². The largest absolute Gasteiger partial charge is 0.365 e. The Morgan fingerprint density at radius 2 is 1.84 bits per heavy atom. The molecule has 126 valence electrons. The smallest absolute Gasteiger partial charge is 0.275 e. The average Bonchev–Trinajstić information content (AvgIpc) is 2.65. The van der Waals surface area contributed by atoms with E-state index in [0.717, 1.165) is 5.56 Å². The second kappa shape index (κ2) is 7.92. The molecule has 2 aromatic heterocycles. The van der Waals surface area contributed by atoms with Gasteiger partial charge in [0.25, 0.3) is 5.91 Å². The molecule has 25 heavy (non-hydrogen) atoms. The Labute approximate surface area is 154 Å². The number of halogens is 2. The Balaban J connectivity index is 1.63. The number of hydrogen-bond acceptors (Lipinski definition) is 5. The molecule has 2 N–H and O–H groups in total. The second-order valence-corrected chi connectivity index (χ2v) is 5.84. The number of rotatable bonds is 5. The number of carbonyl (C=O) groups excluding carboxylic acids is 1. The summed E-state index contributed by atoms with van der Waals surface area (Å²) in [6.45, 7) is 0.584. The maximum absolute atomic E-state index is 12.2. The van der Waals surface area contributed by atoms with E-state index in [2.05, 4.69) is 25.6 Å². The molecule has 0 aliphatic rings. The molecule has 0 atom stereocenters. The summed E-state index contributed by atoms with van der Waals surface area (Å²) >= 11 is 12.0. The van der Waals surface area contributed by atoms with E-state index in [9.17, 15) is 4.79 Å². The molecule has 0 unspecified atom stereocenters. The van der Waals surface area contributed by atoms with Crippen molar-refractivity contribution < 1.29 is 4.79 Å². The number of benzene rings is 1. The lowest BCUT2D eigenvalue weighted by atomic mass is 10.3. The van der Waals surface area contributed by atoms with Gasteiger partial charge in [0.05, 0.1) is 28.1 Å². The Kier molecular flexibility index (Phi) is 5.42. The zero-order chi connectivity index (χ0) is 17.6. The van der Waals surface area contributed by atoms with E-state index >= 15 is 0 Å². The summed E-state index contributed by atoms with van der Waals surface area (Å²) in [5.74, 6) is 0.145. The lowest BCUT2D eigenvalue weighted by Gasteiger charge is -2.08. The van der Waals surface area contributed by atoms with Crippen molar-refractivity contribution in [2.45, 2.75) is 6.54 Å². The van der Waals surface area contributed by atoms with Gasteiger partial charge in [0, 0.05) is 18.9 Å². The molecule has 8 heteroatoms. The van der Waals surface area contributed by atoms with E-state index in [1.165, 1.54) is 12.4 Å². The lowest BCUT2D eigenvalue weighted by molar-refractivity contribution is 0.102. The van der Waals surface area contributed by atoms with E-state index in [1.54, 1.807) is 30.6 Å². The van der Waals surface area contributed by atoms with Crippen LogP contribution in [0.1, 0.15) is 16.1 Å². The maximum atomic E-state index is 12.2. The van der Waals surface area contributed by atoms with Crippen LogP contribution in [0.5, 0.6) is 0 Å². The fourth-order valence-corrected chi connectivity index (χ4v) is 2.36. The van der Waals surface area contributed by atoms with Gasteiger partial charge in [-0.3, -0.25) is 9.78 Å². The molecule has 2 heterocycles. The molecule has 0 radical (unpaired) electrons. The third-order valence-electron chi connectivity index (χ3n) is 3.31. The van der Waals surface area contributed by atoms with E-state index in [1.807, 2.05) is 12.1 Å². The molecule has 0 aliphatic heterocycles. The first-order chi connectivity index (χ1) is 12.1. The topological polar surface area (TPSA) is 79.8 Å². The van der Waals surface area contributed by atoms with Gasteiger partial charge in [-0.15, -0.1) is 0 Å². The number of nitrogens with one attached hydrogen (secondary N) is 2. The van der Waals surface area contributed by atoms with Crippen molar-refractivity contribution in [2.24, 2.45) is 0 Å². The normalized spacial score (nSPS) is 10.3. The Morgan fingerprint density at radius 1 is 1.04 bits per heavy atom. The van der Waals surface area contributed by atoms with Crippen molar-refractivity contribution in [3.8, 4) is 0 Å². The monoisotopic (exact) mass is 373 g/mol. The predicted molar refractivity (Wildman–Crippen MR) is 98.0 cm³/mol. The average molecular weight is 374 g/mol. The van der Waals surface area contributed by atoms with Crippen LogP contribution in [0.3, 0.4) is 0 Å². The molecule has 0 aliphatic carbocycles. The molecular formula is C17H13Cl2N5O. The molecule has 0 saturated heterocycles. The van der Waals surface area contributed by atoms with Crippen LogP contribution in [0.4, 0.5) is 11.5 Å². The van der Waals surface area contributed by atoms with Gasteiger partial charge < -0.3 is 10.6 Å². The first-order valence-electron chi connectivity index (χ1n) is 7.33. The van der Waals surface area contributed by atoms with Crippen molar-refractivity contribution in [3.05, 3.63) is 76.4 Å². The van der Waals surface area contributed by atoms with Gasteiger partial charge in [-0.2, -0.15) is 0 Å². The Hall–Kier alpha value is -2.70. The van der Waals surface area contributed by atoms with Gasteiger partial charge in [-0.05, 0) is 29.8 Å². The highest BCUT2D eigenvalue weighted by Gasteiger charge is 2.12. The molecule has 6 nitrogen and oxygen atoms in total. The molecule has 0 bridgehead atoms. The minimum Gasteiger partial charge on any atom is -0.365 e. The molecule has 1 amide bonds. The third-order valence-corrected chi connectivity index (χ3v) is 4.13. The van der Waals surface area contributed by atoms with Gasteiger partial charge >= 0.3 is 0 Å². The van der Waals surface area contributed by atoms with Crippen LogP contribution in [-0.4, -0.2) is 20.9 Å². The van der Waals surface area contributed by atoms with Crippen LogP contribution in [0, 0.1) is 0 Å². The van der Waals surface area contributed by atoms with Crippen LogP contribution in [0.25, 0.3) is 0 Å². The van der Waals surface area contributed by atoms with E-state index < -0.39 is 5.91 Å². The molecule has 3 rings (SSSR count). The molecule has 0 saturated carbocycles. The maximum Gasteiger partial charge on any atom is 0.275 e. The quantitative estimate of drug-likeness (QED) is 0.705. The van der Waals surface area contributed by atoms with Gasteiger partial charge in [0.15, 0.2) is 0 Å².